The highest BCUT2D eigenvalue weighted by atomic mass is 79.9. The van der Waals surface area contributed by atoms with E-state index in [1.165, 1.54) is 0 Å². The molecular weight excluding hydrogens is 340 g/mol. The van der Waals surface area contributed by atoms with Crippen molar-refractivity contribution in [2.75, 3.05) is 23.8 Å². The van der Waals surface area contributed by atoms with Crippen LogP contribution in [0, 0.1) is 0 Å². The van der Waals surface area contributed by atoms with Gasteiger partial charge in [0.1, 0.15) is 5.82 Å². The summed E-state index contributed by atoms with van der Waals surface area (Å²) in [6.45, 7) is 3.53. The minimum atomic E-state index is 0.628. The van der Waals surface area contributed by atoms with E-state index in [1.807, 2.05) is 38.2 Å². The van der Waals surface area contributed by atoms with Crippen LogP contribution in [0.1, 0.15) is 12.5 Å². The molecule has 4 nitrogen and oxygen atoms in total. The standard InChI is InChI=1S/C14H16BrClN4/c1-3-17-14-18-8-12(15)13(19-14)20(2)9-10-5-4-6-11(16)7-10/h4-8H,3,9H2,1-2H3,(H,17,18,19). The number of anilines is 2. The van der Waals surface area contributed by atoms with Crippen molar-refractivity contribution >= 4 is 39.3 Å². The lowest BCUT2D eigenvalue weighted by Gasteiger charge is -2.20. The second-order valence-corrected chi connectivity index (χ2v) is 5.67. The Kier molecular flexibility index (Phi) is 5.20. The Hall–Kier alpha value is -1.33. The minimum Gasteiger partial charge on any atom is -0.354 e. The van der Waals surface area contributed by atoms with Crippen LogP contribution in [-0.2, 0) is 6.54 Å². The van der Waals surface area contributed by atoms with Crippen LogP contribution >= 0.6 is 27.5 Å². The number of hydrogen-bond acceptors (Lipinski definition) is 4. The average molecular weight is 356 g/mol. The van der Waals surface area contributed by atoms with Gasteiger partial charge < -0.3 is 10.2 Å². The van der Waals surface area contributed by atoms with Gasteiger partial charge in [-0.15, -0.1) is 0 Å². The van der Waals surface area contributed by atoms with Crippen molar-refractivity contribution in [3.63, 3.8) is 0 Å². The zero-order valence-electron chi connectivity index (χ0n) is 11.4. The van der Waals surface area contributed by atoms with Crippen LogP contribution in [-0.4, -0.2) is 23.6 Å². The van der Waals surface area contributed by atoms with Crippen LogP contribution in [0.15, 0.2) is 34.9 Å². The number of rotatable bonds is 5. The Labute approximate surface area is 132 Å². The number of nitrogens with zero attached hydrogens (tertiary/aromatic N) is 3. The summed E-state index contributed by atoms with van der Waals surface area (Å²) in [6, 6.07) is 7.82. The summed E-state index contributed by atoms with van der Waals surface area (Å²) in [4.78, 5) is 10.8. The third-order valence-electron chi connectivity index (χ3n) is 2.73. The third-order valence-corrected chi connectivity index (χ3v) is 3.53. The zero-order chi connectivity index (χ0) is 14.5. The highest BCUT2D eigenvalue weighted by Crippen LogP contribution is 2.25. The van der Waals surface area contributed by atoms with E-state index in [9.17, 15) is 0 Å². The van der Waals surface area contributed by atoms with Crippen molar-refractivity contribution < 1.29 is 0 Å². The van der Waals surface area contributed by atoms with Crippen molar-refractivity contribution in [1.29, 1.82) is 0 Å². The molecule has 0 bridgehead atoms. The van der Waals surface area contributed by atoms with Gasteiger partial charge in [-0.3, -0.25) is 0 Å². The molecule has 1 aromatic carbocycles. The molecule has 0 fully saturated rings. The van der Waals surface area contributed by atoms with Gasteiger partial charge in [0.2, 0.25) is 5.95 Å². The first-order valence-electron chi connectivity index (χ1n) is 6.32. The van der Waals surface area contributed by atoms with Crippen molar-refractivity contribution in [2.45, 2.75) is 13.5 Å². The lowest BCUT2D eigenvalue weighted by Crippen LogP contribution is -2.19. The van der Waals surface area contributed by atoms with Crippen LogP contribution in [0.2, 0.25) is 5.02 Å². The van der Waals surface area contributed by atoms with Gasteiger partial charge in [0.05, 0.1) is 4.47 Å². The smallest absolute Gasteiger partial charge is 0.224 e. The van der Waals surface area contributed by atoms with Gasteiger partial charge in [-0.25, -0.2) is 4.98 Å². The van der Waals surface area contributed by atoms with Gasteiger partial charge in [-0.05, 0) is 40.5 Å². The van der Waals surface area contributed by atoms with Crippen molar-refractivity contribution in [1.82, 2.24) is 9.97 Å². The lowest BCUT2D eigenvalue weighted by atomic mass is 10.2. The first kappa shape index (κ1) is 15.1. The van der Waals surface area contributed by atoms with Crippen molar-refractivity contribution in [3.8, 4) is 0 Å². The average Bonchev–Trinajstić information content (AvgIpc) is 2.41. The molecule has 0 spiro atoms. The molecule has 20 heavy (non-hydrogen) atoms. The summed E-state index contributed by atoms with van der Waals surface area (Å²) < 4.78 is 0.865. The number of benzene rings is 1. The molecule has 0 aliphatic carbocycles. The molecule has 0 amide bonds. The number of nitrogens with one attached hydrogen (secondary N) is 1. The molecule has 106 valence electrons. The first-order chi connectivity index (χ1) is 9.60. The molecule has 1 aromatic heterocycles. The summed E-state index contributed by atoms with van der Waals surface area (Å²) in [5.41, 5.74) is 1.13. The fourth-order valence-corrected chi connectivity index (χ4v) is 2.56. The Morgan fingerprint density at radius 1 is 1.40 bits per heavy atom. The van der Waals surface area contributed by atoms with E-state index >= 15 is 0 Å². The van der Waals surface area contributed by atoms with E-state index in [-0.39, 0.29) is 0 Å². The molecule has 0 saturated carbocycles. The quantitative estimate of drug-likeness (QED) is 0.881. The first-order valence-corrected chi connectivity index (χ1v) is 7.49. The summed E-state index contributed by atoms with van der Waals surface area (Å²) in [5.74, 6) is 1.47. The molecule has 0 radical (unpaired) electrons. The molecule has 2 aromatic rings. The molecule has 0 saturated heterocycles. The number of hydrogen-bond donors (Lipinski definition) is 1. The van der Waals surface area contributed by atoms with Crippen LogP contribution in [0.25, 0.3) is 0 Å². The van der Waals surface area contributed by atoms with E-state index in [1.54, 1.807) is 6.20 Å². The molecule has 0 aliphatic heterocycles. The summed E-state index contributed by atoms with van der Waals surface area (Å²) >= 11 is 9.50. The largest absolute Gasteiger partial charge is 0.354 e. The fourth-order valence-electron chi connectivity index (χ4n) is 1.85. The second-order valence-electron chi connectivity index (χ2n) is 4.38. The maximum Gasteiger partial charge on any atom is 0.224 e. The molecule has 1 heterocycles. The monoisotopic (exact) mass is 354 g/mol. The highest BCUT2D eigenvalue weighted by molar-refractivity contribution is 9.10. The molecule has 0 aliphatic rings. The lowest BCUT2D eigenvalue weighted by molar-refractivity contribution is 0.885. The van der Waals surface area contributed by atoms with Crippen LogP contribution in [0.5, 0.6) is 0 Å². The third kappa shape index (κ3) is 3.84. The summed E-state index contributed by atoms with van der Waals surface area (Å²) in [5, 5.41) is 3.85. The predicted molar refractivity (Wildman–Crippen MR) is 87.5 cm³/mol. The predicted octanol–water partition coefficient (Wildman–Crippen LogP) is 3.96. The van der Waals surface area contributed by atoms with Crippen LogP contribution in [0.4, 0.5) is 11.8 Å². The molecule has 2 rings (SSSR count). The topological polar surface area (TPSA) is 41.1 Å². The van der Waals surface area contributed by atoms with Gasteiger partial charge in [0, 0.05) is 31.4 Å². The van der Waals surface area contributed by atoms with Crippen LogP contribution < -0.4 is 10.2 Å². The molecule has 1 N–H and O–H groups in total. The van der Waals surface area contributed by atoms with E-state index in [2.05, 4.69) is 36.1 Å². The van der Waals surface area contributed by atoms with Gasteiger partial charge >= 0.3 is 0 Å². The van der Waals surface area contributed by atoms with Crippen LogP contribution in [0.3, 0.4) is 0 Å². The summed E-state index contributed by atoms with van der Waals surface area (Å²) in [7, 11) is 1.99. The van der Waals surface area contributed by atoms with E-state index in [0.717, 1.165) is 34.0 Å². The maximum absolute atomic E-state index is 6.01. The Bertz CT molecular complexity index is 591. The molecule has 0 atom stereocenters. The minimum absolute atomic E-state index is 0.628. The van der Waals surface area contributed by atoms with E-state index in [0.29, 0.717) is 5.95 Å². The maximum atomic E-state index is 6.01. The Morgan fingerprint density at radius 3 is 2.90 bits per heavy atom. The molecule has 6 heteroatoms. The number of aromatic nitrogens is 2. The van der Waals surface area contributed by atoms with Gasteiger partial charge in [0.15, 0.2) is 0 Å². The highest BCUT2D eigenvalue weighted by Gasteiger charge is 2.10. The Morgan fingerprint density at radius 2 is 2.20 bits per heavy atom. The summed E-state index contributed by atoms with van der Waals surface area (Å²) in [6.07, 6.45) is 1.76. The van der Waals surface area contributed by atoms with E-state index < -0.39 is 0 Å². The van der Waals surface area contributed by atoms with E-state index in [4.69, 9.17) is 11.6 Å². The fraction of sp³-hybridized carbons (Fsp3) is 0.286. The SMILES string of the molecule is CCNc1ncc(Br)c(N(C)Cc2cccc(Cl)c2)n1. The van der Waals surface area contributed by atoms with Gasteiger partial charge in [-0.1, -0.05) is 23.7 Å². The van der Waals surface area contributed by atoms with Crippen molar-refractivity contribution in [2.24, 2.45) is 0 Å². The normalized spacial score (nSPS) is 10.4. The molecule has 0 unspecified atom stereocenters. The van der Waals surface area contributed by atoms with Gasteiger partial charge in [0.25, 0.3) is 0 Å². The zero-order valence-corrected chi connectivity index (χ0v) is 13.7. The van der Waals surface area contributed by atoms with Crippen molar-refractivity contribution in [3.05, 3.63) is 45.5 Å². The second kappa shape index (κ2) is 6.90. The van der Waals surface area contributed by atoms with Gasteiger partial charge in [-0.2, -0.15) is 4.98 Å². The molecular formula is C14H16BrClN4. The number of halogens is 2. The Balaban J connectivity index is 2.19.